The largest absolute Gasteiger partial charge is 0.469 e. The van der Waals surface area contributed by atoms with Gasteiger partial charge in [-0.25, -0.2) is 4.98 Å². The summed E-state index contributed by atoms with van der Waals surface area (Å²) in [6.45, 7) is 4.33. The van der Waals surface area contributed by atoms with Gasteiger partial charge < -0.3 is 15.5 Å². The Kier molecular flexibility index (Phi) is 5.62. The number of methoxy groups -OCH3 is 1. The molecule has 23 heavy (non-hydrogen) atoms. The van der Waals surface area contributed by atoms with Crippen molar-refractivity contribution in [3.8, 4) is 0 Å². The second-order valence-electron chi connectivity index (χ2n) is 5.40. The molecule has 0 radical (unpaired) electrons. The molecule has 0 unspecified atom stereocenters. The lowest BCUT2D eigenvalue weighted by Crippen LogP contribution is -2.14. The van der Waals surface area contributed by atoms with E-state index in [0.29, 0.717) is 17.9 Å². The maximum atomic E-state index is 11.6. The standard InChI is InChI=1S/C17H22N4O2/c1-11-14(8-16(22)23-3)12(2)21-17(15(11)9-18)20-10-13-6-4-5-7-19-13/h6-7,9,18H,4-5,8,10H2,1-3H3,(H,20,21). The van der Waals surface area contributed by atoms with Gasteiger partial charge in [-0.1, -0.05) is 6.08 Å². The zero-order chi connectivity index (χ0) is 16.8. The third kappa shape index (κ3) is 4.03. The molecular weight excluding hydrogens is 292 g/mol. The summed E-state index contributed by atoms with van der Waals surface area (Å²) in [6.07, 6.45) is 7.43. The highest BCUT2D eigenvalue weighted by atomic mass is 16.5. The van der Waals surface area contributed by atoms with Crippen molar-refractivity contribution in [2.24, 2.45) is 4.99 Å². The number of nitrogens with one attached hydrogen (secondary N) is 2. The number of aliphatic imine (C=N–C) groups is 1. The Morgan fingerprint density at radius 3 is 2.83 bits per heavy atom. The van der Waals surface area contributed by atoms with E-state index in [0.717, 1.165) is 35.4 Å². The SMILES string of the molecule is COC(=O)Cc1c(C)nc(NCC2=CCCC=N2)c(C=N)c1C. The Labute approximate surface area is 136 Å². The van der Waals surface area contributed by atoms with Crippen molar-refractivity contribution in [2.45, 2.75) is 33.1 Å². The van der Waals surface area contributed by atoms with E-state index in [-0.39, 0.29) is 12.4 Å². The number of pyridine rings is 1. The molecule has 2 rings (SSSR count). The molecule has 0 amide bonds. The quantitative estimate of drug-likeness (QED) is 0.624. The first kappa shape index (κ1) is 16.9. The average molecular weight is 314 g/mol. The summed E-state index contributed by atoms with van der Waals surface area (Å²) >= 11 is 0. The van der Waals surface area contributed by atoms with Crippen molar-refractivity contribution in [3.05, 3.63) is 34.2 Å². The van der Waals surface area contributed by atoms with Crippen LogP contribution in [0.2, 0.25) is 0 Å². The number of ether oxygens (including phenoxy) is 1. The highest BCUT2D eigenvalue weighted by molar-refractivity contribution is 5.88. The van der Waals surface area contributed by atoms with Gasteiger partial charge >= 0.3 is 5.97 Å². The molecule has 1 aromatic rings. The fraction of sp³-hybridized carbons (Fsp3) is 0.412. The molecule has 0 saturated carbocycles. The molecule has 0 saturated heterocycles. The first-order valence-electron chi connectivity index (χ1n) is 7.59. The summed E-state index contributed by atoms with van der Waals surface area (Å²) in [7, 11) is 1.37. The normalized spacial score (nSPS) is 13.4. The second kappa shape index (κ2) is 7.67. The molecule has 0 bridgehead atoms. The highest BCUT2D eigenvalue weighted by Crippen LogP contribution is 2.23. The first-order valence-corrected chi connectivity index (χ1v) is 7.59. The second-order valence-corrected chi connectivity index (χ2v) is 5.40. The number of allylic oxidation sites excluding steroid dienone is 1. The van der Waals surface area contributed by atoms with Crippen LogP contribution in [-0.4, -0.2) is 37.0 Å². The Morgan fingerprint density at radius 1 is 1.43 bits per heavy atom. The number of aromatic nitrogens is 1. The fourth-order valence-electron chi connectivity index (χ4n) is 2.55. The van der Waals surface area contributed by atoms with Crippen molar-refractivity contribution in [2.75, 3.05) is 19.0 Å². The minimum Gasteiger partial charge on any atom is -0.469 e. The number of esters is 1. The van der Waals surface area contributed by atoms with Gasteiger partial charge in [0.05, 0.1) is 25.8 Å². The van der Waals surface area contributed by atoms with Crippen LogP contribution < -0.4 is 5.32 Å². The minimum absolute atomic E-state index is 0.164. The van der Waals surface area contributed by atoms with E-state index in [1.807, 2.05) is 20.1 Å². The van der Waals surface area contributed by atoms with Crippen LogP contribution in [0, 0.1) is 19.3 Å². The number of carbonyl (C=O) groups excluding carboxylic acids is 1. The summed E-state index contributed by atoms with van der Waals surface area (Å²) in [5.74, 6) is 0.335. The molecule has 0 atom stereocenters. The van der Waals surface area contributed by atoms with E-state index in [4.69, 9.17) is 10.1 Å². The molecular formula is C17H22N4O2. The Morgan fingerprint density at radius 2 is 2.22 bits per heavy atom. The van der Waals surface area contributed by atoms with Crippen LogP contribution in [0.5, 0.6) is 0 Å². The zero-order valence-electron chi connectivity index (χ0n) is 13.8. The molecule has 1 aliphatic heterocycles. The molecule has 2 heterocycles. The van der Waals surface area contributed by atoms with Crippen LogP contribution in [0.15, 0.2) is 16.8 Å². The van der Waals surface area contributed by atoms with Gasteiger partial charge in [0, 0.05) is 23.7 Å². The maximum absolute atomic E-state index is 11.6. The van der Waals surface area contributed by atoms with Crippen molar-refractivity contribution >= 4 is 24.2 Å². The lowest BCUT2D eigenvalue weighted by Gasteiger charge is -2.16. The fourth-order valence-corrected chi connectivity index (χ4v) is 2.55. The predicted molar refractivity (Wildman–Crippen MR) is 91.6 cm³/mol. The number of carbonyl (C=O) groups is 1. The molecule has 1 aliphatic rings. The van der Waals surface area contributed by atoms with Crippen molar-refractivity contribution in [3.63, 3.8) is 0 Å². The summed E-state index contributed by atoms with van der Waals surface area (Å²) in [6, 6.07) is 0. The van der Waals surface area contributed by atoms with E-state index in [1.54, 1.807) is 0 Å². The molecule has 0 spiro atoms. The van der Waals surface area contributed by atoms with Crippen molar-refractivity contribution in [1.29, 1.82) is 5.41 Å². The maximum Gasteiger partial charge on any atom is 0.310 e. The molecule has 0 aromatic carbocycles. The van der Waals surface area contributed by atoms with Crippen LogP contribution in [0.25, 0.3) is 0 Å². The monoisotopic (exact) mass is 314 g/mol. The highest BCUT2D eigenvalue weighted by Gasteiger charge is 2.16. The molecule has 122 valence electrons. The van der Waals surface area contributed by atoms with E-state index >= 15 is 0 Å². The number of aryl methyl sites for hydroxylation is 1. The van der Waals surface area contributed by atoms with Gasteiger partial charge in [-0.3, -0.25) is 9.79 Å². The molecule has 6 nitrogen and oxygen atoms in total. The molecule has 0 fully saturated rings. The average Bonchev–Trinajstić information content (AvgIpc) is 2.57. The molecule has 2 N–H and O–H groups in total. The van der Waals surface area contributed by atoms with Crippen LogP contribution >= 0.6 is 0 Å². The van der Waals surface area contributed by atoms with Crippen molar-refractivity contribution < 1.29 is 9.53 Å². The predicted octanol–water partition coefficient (Wildman–Crippen LogP) is 2.57. The lowest BCUT2D eigenvalue weighted by atomic mass is 9.99. The van der Waals surface area contributed by atoms with Gasteiger partial charge in [-0.15, -0.1) is 0 Å². The lowest BCUT2D eigenvalue weighted by molar-refractivity contribution is -0.139. The number of rotatable bonds is 6. The molecule has 6 heteroatoms. The van der Waals surface area contributed by atoms with Crippen LogP contribution in [0.1, 0.15) is 35.2 Å². The zero-order valence-corrected chi connectivity index (χ0v) is 13.8. The summed E-state index contributed by atoms with van der Waals surface area (Å²) < 4.78 is 4.73. The Balaban J connectivity index is 2.26. The van der Waals surface area contributed by atoms with Crippen molar-refractivity contribution in [1.82, 2.24) is 4.98 Å². The smallest absolute Gasteiger partial charge is 0.310 e. The number of anilines is 1. The van der Waals surface area contributed by atoms with E-state index < -0.39 is 0 Å². The van der Waals surface area contributed by atoms with Gasteiger partial charge in [-0.2, -0.15) is 0 Å². The number of nitrogens with zero attached hydrogens (tertiary/aromatic N) is 2. The molecule has 0 aliphatic carbocycles. The van der Waals surface area contributed by atoms with Gasteiger partial charge in [0.15, 0.2) is 0 Å². The van der Waals surface area contributed by atoms with Gasteiger partial charge in [0.1, 0.15) is 5.82 Å². The summed E-state index contributed by atoms with van der Waals surface area (Å²) in [5, 5.41) is 10.9. The van der Waals surface area contributed by atoms with E-state index in [9.17, 15) is 4.79 Å². The minimum atomic E-state index is -0.309. The van der Waals surface area contributed by atoms with Gasteiger partial charge in [0.2, 0.25) is 0 Å². The first-order chi connectivity index (χ1) is 11.1. The van der Waals surface area contributed by atoms with Gasteiger partial charge in [-0.05, 0) is 37.8 Å². The third-order valence-corrected chi connectivity index (χ3v) is 3.89. The van der Waals surface area contributed by atoms with Gasteiger partial charge in [0.25, 0.3) is 0 Å². The number of hydrogen-bond donors (Lipinski definition) is 2. The van der Waals surface area contributed by atoms with E-state index in [1.165, 1.54) is 13.3 Å². The Hall–Kier alpha value is -2.50. The third-order valence-electron chi connectivity index (χ3n) is 3.89. The van der Waals surface area contributed by atoms with Crippen LogP contribution in [0.3, 0.4) is 0 Å². The Bertz CT molecular complexity index is 678. The topological polar surface area (TPSA) is 87.4 Å². The summed E-state index contributed by atoms with van der Waals surface area (Å²) in [5.41, 5.74) is 4.12. The molecule has 1 aromatic heterocycles. The van der Waals surface area contributed by atoms with Crippen LogP contribution in [-0.2, 0) is 16.0 Å². The van der Waals surface area contributed by atoms with Crippen LogP contribution in [0.4, 0.5) is 5.82 Å². The number of hydrogen-bond acceptors (Lipinski definition) is 6. The van der Waals surface area contributed by atoms with E-state index in [2.05, 4.69) is 21.4 Å². The summed E-state index contributed by atoms with van der Waals surface area (Å²) in [4.78, 5) is 20.4.